The predicted molar refractivity (Wildman–Crippen MR) is 78.4 cm³/mol. The van der Waals surface area contributed by atoms with Crippen LogP contribution in [0.2, 0.25) is 15.1 Å². The summed E-state index contributed by atoms with van der Waals surface area (Å²) in [5.41, 5.74) is 8.17. The van der Waals surface area contributed by atoms with Gasteiger partial charge in [0.2, 0.25) is 0 Å². The molecule has 0 fully saturated rings. The fourth-order valence-corrected chi connectivity index (χ4v) is 2.36. The monoisotopic (exact) mass is 311 g/mol. The quantitative estimate of drug-likeness (QED) is 0.838. The van der Waals surface area contributed by atoms with Gasteiger partial charge in [0.25, 0.3) is 0 Å². The second kappa shape index (κ2) is 5.66. The zero-order valence-electron chi connectivity index (χ0n) is 9.62. The highest BCUT2D eigenvalue weighted by atomic mass is 35.5. The summed E-state index contributed by atoms with van der Waals surface area (Å²) >= 11 is 18.1. The van der Waals surface area contributed by atoms with E-state index in [-0.39, 0.29) is 6.42 Å². The van der Waals surface area contributed by atoms with Crippen molar-refractivity contribution in [3.63, 3.8) is 0 Å². The minimum Gasteiger partial charge on any atom is -0.397 e. The van der Waals surface area contributed by atoms with E-state index in [1.165, 1.54) is 0 Å². The molecule has 0 saturated carbocycles. The van der Waals surface area contributed by atoms with Crippen LogP contribution >= 0.6 is 34.8 Å². The fourth-order valence-electron chi connectivity index (χ4n) is 1.67. The van der Waals surface area contributed by atoms with Crippen LogP contribution in [0.1, 0.15) is 5.56 Å². The lowest BCUT2D eigenvalue weighted by atomic mass is 10.1. The van der Waals surface area contributed by atoms with E-state index in [1.807, 2.05) is 6.07 Å². The molecule has 2 aromatic rings. The zero-order chi connectivity index (χ0) is 14.0. The van der Waals surface area contributed by atoms with Crippen molar-refractivity contribution in [2.75, 3.05) is 5.73 Å². The average Bonchev–Trinajstić information content (AvgIpc) is 2.35. The van der Waals surface area contributed by atoms with Crippen molar-refractivity contribution in [3.8, 4) is 17.3 Å². The van der Waals surface area contributed by atoms with E-state index in [0.29, 0.717) is 32.0 Å². The first kappa shape index (κ1) is 14.0. The molecule has 0 amide bonds. The lowest BCUT2D eigenvalue weighted by Crippen LogP contribution is -1.97. The lowest BCUT2D eigenvalue weighted by molar-refractivity contribution is 1.20. The fraction of sp³-hybridized carbons (Fsp3) is 0.0769. The number of pyridine rings is 1. The van der Waals surface area contributed by atoms with Crippen molar-refractivity contribution in [1.29, 1.82) is 5.26 Å². The van der Waals surface area contributed by atoms with Gasteiger partial charge in [-0.1, -0.05) is 34.8 Å². The zero-order valence-corrected chi connectivity index (χ0v) is 11.9. The molecule has 2 N–H and O–H groups in total. The number of hydrogen-bond acceptors (Lipinski definition) is 3. The van der Waals surface area contributed by atoms with Gasteiger partial charge in [0.15, 0.2) is 0 Å². The van der Waals surface area contributed by atoms with E-state index >= 15 is 0 Å². The molecular formula is C13H8Cl3N3. The van der Waals surface area contributed by atoms with Crippen molar-refractivity contribution in [2.24, 2.45) is 0 Å². The molecule has 0 radical (unpaired) electrons. The molecule has 6 heteroatoms. The third-order valence-electron chi connectivity index (χ3n) is 2.51. The maximum absolute atomic E-state index is 8.64. The predicted octanol–water partition coefficient (Wildman–Crippen LogP) is 4.36. The van der Waals surface area contributed by atoms with Gasteiger partial charge in [-0.2, -0.15) is 5.26 Å². The van der Waals surface area contributed by atoms with Gasteiger partial charge >= 0.3 is 0 Å². The summed E-state index contributed by atoms with van der Waals surface area (Å²) in [6.07, 6.45) is 1.83. The molecule has 0 aliphatic carbocycles. The molecule has 0 atom stereocenters. The molecule has 19 heavy (non-hydrogen) atoms. The number of nitriles is 1. The Labute approximate surface area is 125 Å². The highest BCUT2D eigenvalue weighted by Gasteiger charge is 2.13. The Bertz CT molecular complexity index is 678. The van der Waals surface area contributed by atoms with Crippen molar-refractivity contribution in [3.05, 3.63) is 45.0 Å². The topological polar surface area (TPSA) is 62.7 Å². The lowest BCUT2D eigenvalue weighted by Gasteiger charge is -2.09. The number of benzene rings is 1. The minimum atomic E-state index is 0.252. The van der Waals surface area contributed by atoms with Gasteiger partial charge in [0.1, 0.15) is 0 Å². The maximum Gasteiger partial charge on any atom is 0.0947 e. The molecule has 0 aliphatic heterocycles. The highest BCUT2D eigenvalue weighted by Crippen LogP contribution is 2.37. The molecule has 0 bridgehead atoms. The Morgan fingerprint density at radius 3 is 2.58 bits per heavy atom. The van der Waals surface area contributed by atoms with Crippen molar-refractivity contribution in [2.45, 2.75) is 6.42 Å². The van der Waals surface area contributed by atoms with Gasteiger partial charge in [-0.3, -0.25) is 4.98 Å². The summed E-state index contributed by atoms with van der Waals surface area (Å²) in [5, 5.41) is 9.77. The van der Waals surface area contributed by atoms with Crippen LogP contribution in [0.3, 0.4) is 0 Å². The molecule has 1 aromatic carbocycles. The molecule has 0 aliphatic rings. The van der Waals surface area contributed by atoms with E-state index in [2.05, 4.69) is 4.98 Å². The first-order valence-electron chi connectivity index (χ1n) is 5.29. The molecule has 0 saturated heterocycles. The molecule has 96 valence electrons. The van der Waals surface area contributed by atoms with Crippen LogP contribution in [0, 0.1) is 11.3 Å². The summed E-state index contributed by atoms with van der Waals surface area (Å²) in [6.45, 7) is 0. The van der Waals surface area contributed by atoms with Crippen molar-refractivity contribution >= 4 is 40.5 Å². The first-order chi connectivity index (χ1) is 9.02. The van der Waals surface area contributed by atoms with Gasteiger partial charge in [-0.15, -0.1) is 0 Å². The Morgan fingerprint density at radius 2 is 1.95 bits per heavy atom. The Morgan fingerprint density at radius 1 is 1.21 bits per heavy atom. The summed E-state index contributed by atoms with van der Waals surface area (Å²) in [7, 11) is 0. The third-order valence-corrected chi connectivity index (χ3v) is 3.53. The maximum atomic E-state index is 8.64. The number of nitrogens with zero attached hydrogens (tertiary/aromatic N) is 2. The second-order valence-electron chi connectivity index (χ2n) is 3.87. The smallest absolute Gasteiger partial charge is 0.0947 e. The molecule has 1 aromatic heterocycles. The van der Waals surface area contributed by atoms with E-state index in [1.54, 1.807) is 24.4 Å². The first-order valence-corrected chi connectivity index (χ1v) is 6.42. The molecule has 3 nitrogen and oxygen atoms in total. The molecule has 0 unspecified atom stereocenters. The number of hydrogen-bond donors (Lipinski definition) is 1. The summed E-state index contributed by atoms with van der Waals surface area (Å²) in [4.78, 5) is 4.23. The summed E-state index contributed by atoms with van der Waals surface area (Å²) in [6, 6.07) is 6.93. The molecule has 0 spiro atoms. The van der Waals surface area contributed by atoms with E-state index in [0.717, 1.165) is 5.56 Å². The standard InChI is InChI=1S/C13H8Cl3N3/c14-8-4-9(12(16)10(15)5-8)13-11(18)3-7(1-2-17)6-19-13/h3-6H,1,18H2. The van der Waals surface area contributed by atoms with E-state index in [9.17, 15) is 0 Å². The van der Waals surface area contributed by atoms with Gasteiger partial charge in [-0.05, 0) is 23.8 Å². The number of anilines is 1. The molecular weight excluding hydrogens is 305 g/mol. The summed E-state index contributed by atoms with van der Waals surface area (Å²) < 4.78 is 0. The number of rotatable bonds is 2. The van der Waals surface area contributed by atoms with Crippen LogP contribution in [0.15, 0.2) is 24.4 Å². The molecule has 2 rings (SSSR count). The van der Waals surface area contributed by atoms with Gasteiger partial charge in [0.05, 0.1) is 33.9 Å². The minimum absolute atomic E-state index is 0.252. The van der Waals surface area contributed by atoms with Gasteiger partial charge in [0, 0.05) is 16.8 Å². The van der Waals surface area contributed by atoms with Crippen LogP contribution in [-0.2, 0) is 6.42 Å². The normalized spacial score (nSPS) is 10.2. The number of aromatic nitrogens is 1. The van der Waals surface area contributed by atoms with Crippen LogP contribution in [0.5, 0.6) is 0 Å². The van der Waals surface area contributed by atoms with Crippen molar-refractivity contribution < 1.29 is 0 Å². The van der Waals surface area contributed by atoms with Crippen LogP contribution < -0.4 is 5.73 Å². The largest absolute Gasteiger partial charge is 0.397 e. The second-order valence-corrected chi connectivity index (χ2v) is 5.09. The number of nitrogen functional groups attached to an aromatic ring is 1. The number of nitrogens with two attached hydrogens (primary N) is 1. The Hall–Kier alpha value is -1.47. The molecule has 1 heterocycles. The Kier molecular flexibility index (Phi) is 4.16. The average molecular weight is 313 g/mol. The SMILES string of the molecule is N#CCc1cnc(-c2cc(Cl)cc(Cl)c2Cl)c(N)c1. The van der Waals surface area contributed by atoms with Crippen molar-refractivity contribution in [1.82, 2.24) is 4.98 Å². The van der Waals surface area contributed by atoms with E-state index < -0.39 is 0 Å². The van der Waals surface area contributed by atoms with Gasteiger partial charge < -0.3 is 5.73 Å². The highest BCUT2D eigenvalue weighted by molar-refractivity contribution is 6.45. The number of halogens is 3. The summed E-state index contributed by atoms with van der Waals surface area (Å²) in [5.74, 6) is 0. The Balaban J connectivity index is 2.57. The van der Waals surface area contributed by atoms with Crippen LogP contribution in [-0.4, -0.2) is 4.98 Å². The van der Waals surface area contributed by atoms with Gasteiger partial charge in [-0.25, -0.2) is 0 Å². The van der Waals surface area contributed by atoms with Crippen LogP contribution in [0.25, 0.3) is 11.3 Å². The third kappa shape index (κ3) is 2.93. The van der Waals surface area contributed by atoms with Crippen LogP contribution in [0.4, 0.5) is 5.69 Å². The van der Waals surface area contributed by atoms with E-state index in [4.69, 9.17) is 45.8 Å².